The molecule has 8 nitrogen and oxygen atoms in total. The summed E-state index contributed by atoms with van der Waals surface area (Å²) in [6, 6.07) is 0. The van der Waals surface area contributed by atoms with Crippen LogP contribution in [-0.2, 0) is 27.9 Å². The highest BCUT2D eigenvalue weighted by atomic mass is 31.2. The number of hydrogen-bond donors (Lipinski definition) is 1. The molecule has 1 unspecified atom stereocenters. The SMILES string of the molecule is CCCCC/C=C\C/C=C\C/C=C\CCCCCCC(=O)O[C@H](COCCCCCCCCCCCCCCCC)COP(=O)(O)OCC[N+](C)(C)C. The average Bonchev–Trinajstić information content (AvgIpc) is 3.11. The van der Waals surface area contributed by atoms with Gasteiger partial charge in [-0.2, -0.15) is 0 Å². The lowest BCUT2D eigenvalue weighted by atomic mass is 10.0. The molecular weight excluding hydrogens is 685 g/mol. The normalized spacial score (nSPS) is 14.2. The summed E-state index contributed by atoms with van der Waals surface area (Å²) in [7, 11) is 1.65. The number of phosphoric acid groups is 1. The zero-order chi connectivity index (χ0) is 39.1. The third-order valence-electron chi connectivity index (χ3n) is 9.20. The van der Waals surface area contributed by atoms with Gasteiger partial charge in [0.05, 0.1) is 34.4 Å². The maximum absolute atomic E-state index is 12.7. The maximum atomic E-state index is 12.7. The first-order chi connectivity index (χ1) is 25.6. The number of unbranched alkanes of at least 4 members (excludes halogenated alkanes) is 20. The first kappa shape index (κ1) is 51.7. The van der Waals surface area contributed by atoms with Crippen LogP contribution >= 0.6 is 7.82 Å². The molecule has 1 N–H and O–H groups in total. The van der Waals surface area contributed by atoms with Crippen molar-refractivity contribution in [2.45, 2.75) is 187 Å². The molecule has 0 heterocycles. The topological polar surface area (TPSA) is 91.3 Å². The summed E-state index contributed by atoms with van der Waals surface area (Å²) in [6.45, 7) is 5.58. The van der Waals surface area contributed by atoms with Gasteiger partial charge in [-0.1, -0.05) is 159 Å². The third kappa shape index (κ3) is 41.7. The molecule has 0 amide bonds. The number of rotatable bonds is 40. The van der Waals surface area contributed by atoms with E-state index in [4.69, 9.17) is 18.5 Å². The predicted molar refractivity (Wildman–Crippen MR) is 224 cm³/mol. The number of allylic oxidation sites excluding steroid dienone is 6. The van der Waals surface area contributed by atoms with Crippen molar-refractivity contribution in [2.24, 2.45) is 0 Å². The Morgan fingerprint density at radius 1 is 0.585 bits per heavy atom. The Labute approximate surface area is 327 Å². The molecule has 0 aromatic carbocycles. The number of hydrogen-bond acceptors (Lipinski definition) is 6. The van der Waals surface area contributed by atoms with Gasteiger partial charge < -0.3 is 18.9 Å². The van der Waals surface area contributed by atoms with E-state index in [-0.39, 0.29) is 25.8 Å². The van der Waals surface area contributed by atoms with E-state index in [0.717, 1.165) is 57.8 Å². The van der Waals surface area contributed by atoms with Crippen LogP contribution in [0.15, 0.2) is 36.5 Å². The molecule has 0 aliphatic heterocycles. The third-order valence-corrected chi connectivity index (χ3v) is 10.2. The number of phosphoric ester groups is 1. The summed E-state index contributed by atoms with van der Waals surface area (Å²) in [6.07, 6.45) is 43.1. The van der Waals surface area contributed by atoms with E-state index in [1.54, 1.807) is 0 Å². The van der Waals surface area contributed by atoms with Gasteiger partial charge in [-0.15, -0.1) is 0 Å². The second kappa shape index (κ2) is 37.6. The minimum Gasteiger partial charge on any atom is -0.457 e. The lowest BCUT2D eigenvalue weighted by Gasteiger charge is -2.24. The summed E-state index contributed by atoms with van der Waals surface area (Å²) >= 11 is 0. The standard InChI is InChI=1S/C44H84NO7P/c1-6-8-10-12-14-16-18-20-22-23-24-25-27-29-31-33-35-37-44(46)52-43(42-51-53(47,48)50-40-38-45(3,4)5)41-49-39-36-34-32-30-28-26-21-19-17-15-13-11-9-7-2/h14,16,20,22,24-25,43H,6-13,15,17-19,21,23,26-42H2,1-5H3/p+1/b16-14-,22-20-,25-24-/t43-/m1/s1. The lowest BCUT2D eigenvalue weighted by Crippen LogP contribution is -2.37. The Bertz CT molecular complexity index is 947. The molecule has 9 heteroatoms. The number of quaternary nitrogens is 1. The Morgan fingerprint density at radius 2 is 1.04 bits per heavy atom. The molecule has 0 radical (unpaired) electrons. The van der Waals surface area contributed by atoms with Crippen LogP contribution in [0.4, 0.5) is 0 Å². The lowest BCUT2D eigenvalue weighted by molar-refractivity contribution is -0.870. The van der Waals surface area contributed by atoms with E-state index in [1.807, 2.05) is 21.1 Å². The number of esters is 1. The summed E-state index contributed by atoms with van der Waals surface area (Å²) in [5.41, 5.74) is 0. The van der Waals surface area contributed by atoms with Gasteiger partial charge in [-0.3, -0.25) is 13.8 Å². The highest BCUT2D eigenvalue weighted by molar-refractivity contribution is 7.47. The van der Waals surface area contributed by atoms with Crippen LogP contribution in [0.5, 0.6) is 0 Å². The molecule has 312 valence electrons. The highest BCUT2D eigenvalue weighted by Crippen LogP contribution is 2.43. The van der Waals surface area contributed by atoms with E-state index < -0.39 is 13.9 Å². The molecule has 0 rings (SSSR count). The Hall–Kier alpha value is -1.28. The summed E-state index contributed by atoms with van der Waals surface area (Å²) in [5.74, 6) is -0.333. The number of carbonyl (C=O) groups excluding carboxylic acids is 1. The van der Waals surface area contributed by atoms with Crippen molar-refractivity contribution in [3.8, 4) is 0 Å². The second-order valence-electron chi connectivity index (χ2n) is 15.7. The van der Waals surface area contributed by atoms with Crippen LogP contribution in [0.3, 0.4) is 0 Å². The minimum absolute atomic E-state index is 0.0846. The van der Waals surface area contributed by atoms with E-state index in [0.29, 0.717) is 24.1 Å². The Morgan fingerprint density at radius 3 is 1.58 bits per heavy atom. The molecule has 2 atom stereocenters. The number of ether oxygens (including phenoxy) is 2. The molecule has 0 aliphatic carbocycles. The highest BCUT2D eigenvalue weighted by Gasteiger charge is 2.26. The summed E-state index contributed by atoms with van der Waals surface area (Å²) < 4.78 is 35.0. The smallest absolute Gasteiger partial charge is 0.457 e. The molecule has 0 fully saturated rings. The number of likely N-dealkylation sites (N-methyl/N-ethyl adjacent to an activating group) is 1. The fourth-order valence-electron chi connectivity index (χ4n) is 5.79. The van der Waals surface area contributed by atoms with Gasteiger partial charge in [0.1, 0.15) is 19.3 Å². The van der Waals surface area contributed by atoms with Crippen molar-refractivity contribution in [3.05, 3.63) is 36.5 Å². The van der Waals surface area contributed by atoms with Gasteiger partial charge in [0.25, 0.3) is 0 Å². The number of carbonyl (C=O) groups is 1. The molecule has 53 heavy (non-hydrogen) atoms. The van der Waals surface area contributed by atoms with Crippen LogP contribution in [0.2, 0.25) is 0 Å². The van der Waals surface area contributed by atoms with Crippen LogP contribution in [0.25, 0.3) is 0 Å². The van der Waals surface area contributed by atoms with Crippen molar-refractivity contribution in [2.75, 3.05) is 54.1 Å². The molecule has 0 bridgehead atoms. The fraction of sp³-hybridized carbons (Fsp3) is 0.841. The van der Waals surface area contributed by atoms with Crippen molar-refractivity contribution in [1.82, 2.24) is 0 Å². The Balaban J connectivity index is 4.29. The minimum atomic E-state index is -4.28. The maximum Gasteiger partial charge on any atom is 0.472 e. The number of nitrogens with zero attached hydrogens (tertiary/aromatic N) is 1. The van der Waals surface area contributed by atoms with Gasteiger partial charge in [0, 0.05) is 13.0 Å². The quantitative estimate of drug-likeness (QED) is 0.0218. The van der Waals surface area contributed by atoms with Crippen LogP contribution in [0, 0.1) is 0 Å². The zero-order valence-electron chi connectivity index (χ0n) is 35.3. The molecule has 0 spiro atoms. The molecular formula is C44H85NO7P+. The Kier molecular flexibility index (Phi) is 36.7. The van der Waals surface area contributed by atoms with Gasteiger partial charge in [0.2, 0.25) is 0 Å². The van der Waals surface area contributed by atoms with Crippen LogP contribution in [-0.4, -0.2) is 75.6 Å². The zero-order valence-corrected chi connectivity index (χ0v) is 36.1. The van der Waals surface area contributed by atoms with Gasteiger partial charge in [0.15, 0.2) is 0 Å². The van der Waals surface area contributed by atoms with Crippen LogP contribution in [0.1, 0.15) is 181 Å². The van der Waals surface area contributed by atoms with Crippen molar-refractivity contribution < 1.29 is 37.3 Å². The predicted octanol–water partition coefficient (Wildman–Crippen LogP) is 12.6. The fourth-order valence-corrected chi connectivity index (χ4v) is 6.54. The van der Waals surface area contributed by atoms with Gasteiger partial charge in [-0.25, -0.2) is 4.57 Å². The summed E-state index contributed by atoms with van der Waals surface area (Å²) in [4.78, 5) is 22.9. The largest absolute Gasteiger partial charge is 0.472 e. The van der Waals surface area contributed by atoms with Gasteiger partial charge >= 0.3 is 13.8 Å². The van der Waals surface area contributed by atoms with Crippen LogP contribution < -0.4 is 0 Å². The second-order valence-corrected chi connectivity index (χ2v) is 17.2. The van der Waals surface area contributed by atoms with E-state index >= 15 is 0 Å². The van der Waals surface area contributed by atoms with Crippen molar-refractivity contribution in [3.63, 3.8) is 0 Å². The molecule has 0 saturated carbocycles. The molecule has 0 aliphatic rings. The molecule has 0 aromatic rings. The van der Waals surface area contributed by atoms with E-state index in [9.17, 15) is 14.3 Å². The average molecular weight is 771 g/mol. The van der Waals surface area contributed by atoms with Crippen molar-refractivity contribution >= 4 is 13.8 Å². The van der Waals surface area contributed by atoms with E-state index in [2.05, 4.69) is 50.3 Å². The summed E-state index contributed by atoms with van der Waals surface area (Å²) in [5, 5.41) is 0. The monoisotopic (exact) mass is 771 g/mol. The first-order valence-corrected chi connectivity index (χ1v) is 23.2. The first-order valence-electron chi connectivity index (χ1n) is 21.7. The van der Waals surface area contributed by atoms with Crippen molar-refractivity contribution in [1.29, 1.82) is 0 Å². The molecule has 0 saturated heterocycles. The molecule has 0 aromatic heterocycles. The van der Waals surface area contributed by atoms with Gasteiger partial charge in [-0.05, 0) is 51.4 Å². The van der Waals surface area contributed by atoms with E-state index in [1.165, 1.54) is 103 Å².